The van der Waals surface area contributed by atoms with Crippen LogP contribution in [0.4, 0.5) is 32.0 Å². The van der Waals surface area contributed by atoms with E-state index in [1.807, 2.05) is 0 Å². The summed E-state index contributed by atoms with van der Waals surface area (Å²) in [5.41, 5.74) is -9.73. The highest BCUT2D eigenvalue weighted by molar-refractivity contribution is 6.34. The minimum Gasteiger partial charge on any atom is -0.508 e. The first-order valence-corrected chi connectivity index (χ1v) is 11.0. The summed E-state index contributed by atoms with van der Waals surface area (Å²) in [6.45, 7) is 0. The van der Waals surface area contributed by atoms with Crippen molar-refractivity contribution >= 4 is 29.3 Å². The van der Waals surface area contributed by atoms with Crippen molar-refractivity contribution in [2.24, 2.45) is 0 Å². The number of phenolic OH excluding ortho intramolecular Hbond substituents is 1. The van der Waals surface area contributed by atoms with Gasteiger partial charge in [0.2, 0.25) is 5.41 Å². The summed E-state index contributed by atoms with van der Waals surface area (Å²) in [4.78, 5) is 51.6. The van der Waals surface area contributed by atoms with E-state index in [1.165, 1.54) is 12.1 Å². The van der Waals surface area contributed by atoms with Gasteiger partial charge in [-0.1, -0.05) is 12.1 Å². The Hall–Kier alpha value is -4.68. The van der Waals surface area contributed by atoms with Crippen molar-refractivity contribution in [1.82, 2.24) is 4.90 Å². The maximum Gasteiger partial charge on any atom is 0.411 e. The number of imide groups is 2. The number of nitrogens with zero attached hydrogens (tertiary/aromatic N) is 2. The highest BCUT2D eigenvalue weighted by Crippen LogP contribution is 2.57. The molecule has 0 fully saturated rings. The Morgan fingerprint density at radius 3 is 1.49 bits per heavy atom. The average Bonchev–Trinajstić information content (AvgIpc) is 3.23. The highest BCUT2D eigenvalue weighted by Gasteiger charge is 2.73. The lowest BCUT2D eigenvalue weighted by Crippen LogP contribution is -2.55. The van der Waals surface area contributed by atoms with Crippen LogP contribution in [0.3, 0.4) is 0 Å². The summed E-state index contributed by atoms with van der Waals surface area (Å²) < 4.78 is 88.1. The summed E-state index contributed by atoms with van der Waals surface area (Å²) in [6, 6.07) is 7.71. The molecule has 4 amide bonds. The van der Waals surface area contributed by atoms with Crippen LogP contribution in [0, 0.1) is 0 Å². The molecule has 39 heavy (non-hydrogen) atoms. The molecule has 3 aromatic carbocycles. The molecular weight excluding hydrogens is 534 g/mol. The van der Waals surface area contributed by atoms with E-state index in [0.29, 0.717) is 40.1 Å². The second-order valence-electron chi connectivity index (χ2n) is 8.90. The summed E-state index contributed by atoms with van der Waals surface area (Å²) in [5, 5.41) is 9.45. The van der Waals surface area contributed by atoms with E-state index in [1.54, 1.807) is 0 Å². The zero-order valence-electron chi connectivity index (χ0n) is 19.5. The largest absolute Gasteiger partial charge is 0.508 e. The number of fused-ring (bicyclic) bond motifs is 2. The van der Waals surface area contributed by atoms with Crippen LogP contribution in [-0.2, 0) is 5.41 Å². The lowest BCUT2D eigenvalue weighted by atomic mass is 9.71. The zero-order valence-corrected chi connectivity index (χ0v) is 19.5. The topological polar surface area (TPSA) is 95.0 Å². The van der Waals surface area contributed by atoms with Crippen LogP contribution in [0.1, 0.15) is 52.6 Å². The Morgan fingerprint density at radius 1 is 0.590 bits per heavy atom. The predicted molar refractivity (Wildman–Crippen MR) is 121 cm³/mol. The molecule has 5 rings (SSSR count). The first kappa shape index (κ1) is 25.9. The molecule has 0 radical (unpaired) electrons. The second-order valence-corrected chi connectivity index (χ2v) is 8.90. The van der Waals surface area contributed by atoms with Gasteiger partial charge in [0.25, 0.3) is 23.6 Å². The monoisotopic (exact) mass is 548 g/mol. The van der Waals surface area contributed by atoms with Crippen LogP contribution in [-0.4, -0.2) is 53.0 Å². The SMILES string of the molecule is CN1C(=O)c2ccc(C(c3ccc4c(c3)C(=O)N(c3ccc(O)cc3)C4=O)(C(F)(F)F)C(F)(F)F)cc2C1=O. The molecule has 7 nitrogen and oxygen atoms in total. The minimum absolute atomic E-state index is 0.0654. The number of aromatic hydroxyl groups is 1. The average molecular weight is 548 g/mol. The van der Waals surface area contributed by atoms with Gasteiger partial charge in [-0.25, -0.2) is 4.90 Å². The van der Waals surface area contributed by atoms with Gasteiger partial charge < -0.3 is 5.11 Å². The van der Waals surface area contributed by atoms with Gasteiger partial charge in [-0.3, -0.25) is 24.1 Å². The van der Waals surface area contributed by atoms with Gasteiger partial charge in [0, 0.05) is 7.05 Å². The van der Waals surface area contributed by atoms with Crippen molar-refractivity contribution in [2.75, 3.05) is 11.9 Å². The number of amides is 4. The van der Waals surface area contributed by atoms with Crippen LogP contribution >= 0.6 is 0 Å². The Balaban J connectivity index is 1.73. The molecule has 0 spiro atoms. The number of phenols is 1. The third-order valence-corrected chi connectivity index (χ3v) is 6.80. The molecule has 3 aromatic rings. The maximum absolute atomic E-state index is 14.7. The number of benzene rings is 3. The number of hydrogen-bond acceptors (Lipinski definition) is 5. The molecule has 200 valence electrons. The molecule has 0 aromatic heterocycles. The van der Waals surface area contributed by atoms with Gasteiger partial charge in [-0.2, -0.15) is 26.3 Å². The van der Waals surface area contributed by atoms with E-state index in [0.717, 1.165) is 25.2 Å². The second kappa shape index (κ2) is 8.16. The number of carbonyl (C=O) groups is 4. The van der Waals surface area contributed by atoms with E-state index in [2.05, 4.69) is 0 Å². The van der Waals surface area contributed by atoms with Crippen molar-refractivity contribution in [3.8, 4) is 5.75 Å². The quantitative estimate of drug-likeness (QED) is 0.374. The summed E-state index contributed by atoms with van der Waals surface area (Å²) in [7, 11) is 1.04. The molecule has 2 aliphatic heterocycles. The fraction of sp³-hybridized carbons (Fsp3) is 0.154. The van der Waals surface area contributed by atoms with Gasteiger partial charge in [-0.05, 0) is 59.7 Å². The van der Waals surface area contributed by atoms with Crippen molar-refractivity contribution in [1.29, 1.82) is 0 Å². The third kappa shape index (κ3) is 3.45. The molecule has 0 bridgehead atoms. The Labute approximate surface area is 214 Å². The van der Waals surface area contributed by atoms with Crippen LogP contribution in [0.2, 0.25) is 0 Å². The first-order valence-electron chi connectivity index (χ1n) is 11.0. The summed E-state index contributed by atoms with van der Waals surface area (Å²) >= 11 is 0. The van der Waals surface area contributed by atoms with Gasteiger partial charge in [0.1, 0.15) is 5.75 Å². The number of carbonyl (C=O) groups excluding carboxylic acids is 4. The molecule has 13 heteroatoms. The Morgan fingerprint density at radius 2 is 1.00 bits per heavy atom. The molecular formula is C26H14F6N2O5. The number of anilines is 1. The lowest BCUT2D eigenvalue weighted by Gasteiger charge is -2.38. The molecule has 2 aliphatic rings. The van der Waals surface area contributed by atoms with Gasteiger partial charge in [0.05, 0.1) is 27.9 Å². The van der Waals surface area contributed by atoms with Crippen LogP contribution in [0.5, 0.6) is 5.75 Å². The minimum atomic E-state index is -6.05. The Bertz CT molecular complexity index is 1580. The predicted octanol–water partition coefficient (Wildman–Crippen LogP) is 4.83. The summed E-state index contributed by atoms with van der Waals surface area (Å²) in [6.07, 6.45) is -12.1. The normalized spacial score (nSPS) is 15.8. The van der Waals surface area contributed by atoms with E-state index in [4.69, 9.17) is 0 Å². The standard InChI is InChI=1S/C26H14F6N2O5/c1-33-20(36)16-8-2-12(10-18(16)21(33)37)24(25(27,28)29,26(30,31)32)13-3-9-17-19(11-13)23(39)34(22(17)38)14-4-6-15(35)7-5-14/h2-11,35H,1H3. The van der Waals surface area contributed by atoms with Crippen LogP contribution in [0.25, 0.3) is 0 Å². The number of alkyl halides is 6. The van der Waals surface area contributed by atoms with E-state index >= 15 is 0 Å². The fourth-order valence-electron chi connectivity index (χ4n) is 4.89. The molecule has 0 saturated heterocycles. The number of halogens is 6. The van der Waals surface area contributed by atoms with E-state index in [-0.39, 0.29) is 17.0 Å². The highest BCUT2D eigenvalue weighted by atomic mass is 19.4. The van der Waals surface area contributed by atoms with Crippen LogP contribution < -0.4 is 4.90 Å². The molecule has 0 atom stereocenters. The molecule has 0 aliphatic carbocycles. The smallest absolute Gasteiger partial charge is 0.411 e. The fourth-order valence-corrected chi connectivity index (χ4v) is 4.89. The zero-order chi connectivity index (χ0) is 28.7. The Kier molecular flexibility index (Phi) is 5.43. The van der Waals surface area contributed by atoms with E-state index in [9.17, 15) is 50.6 Å². The van der Waals surface area contributed by atoms with Crippen molar-refractivity contribution in [3.05, 3.63) is 94.0 Å². The molecule has 0 saturated carbocycles. The van der Waals surface area contributed by atoms with E-state index < -0.39 is 69.2 Å². The first-order chi connectivity index (χ1) is 18.1. The van der Waals surface area contributed by atoms with Gasteiger partial charge in [-0.15, -0.1) is 0 Å². The molecule has 2 heterocycles. The van der Waals surface area contributed by atoms with Crippen molar-refractivity contribution < 1.29 is 50.6 Å². The van der Waals surface area contributed by atoms with Gasteiger partial charge in [0.15, 0.2) is 0 Å². The number of rotatable bonds is 3. The third-order valence-electron chi connectivity index (χ3n) is 6.80. The summed E-state index contributed by atoms with van der Waals surface area (Å²) in [5.74, 6) is -4.33. The lowest BCUT2D eigenvalue weighted by molar-refractivity contribution is -0.288. The molecule has 0 unspecified atom stereocenters. The van der Waals surface area contributed by atoms with Gasteiger partial charge >= 0.3 is 12.4 Å². The maximum atomic E-state index is 14.7. The van der Waals surface area contributed by atoms with Crippen LogP contribution in [0.15, 0.2) is 60.7 Å². The number of hydrogen-bond donors (Lipinski definition) is 1. The van der Waals surface area contributed by atoms with Crippen molar-refractivity contribution in [3.63, 3.8) is 0 Å². The molecule has 1 N–H and O–H groups in total. The van der Waals surface area contributed by atoms with Crippen molar-refractivity contribution in [2.45, 2.75) is 17.8 Å².